The average molecular weight is 292 g/mol. The maximum absolute atomic E-state index is 12.1. The fourth-order valence-electron chi connectivity index (χ4n) is 2.33. The number of rotatable bonds is 8. The second-order valence-electron chi connectivity index (χ2n) is 5.98. The predicted octanol–water partition coefficient (Wildman–Crippen LogP) is 3.23. The molecule has 2 unspecified atom stereocenters. The molecule has 0 bridgehead atoms. The number of nitrogens with one attached hydrogen (secondary N) is 2. The molecule has 0 aromatic heterocycles. The lowest BCUT2D eigenvalue weighted by molar-refractivity contribution is 0.229. The molecule has 4 nitrogen and oxygen atoms in total. The average Bonchev–Trinajstić information content (AvgIpc) is 2.44. The third kappa shape index (κ3) is 7.14. The van der Waals surface area contributed by atoms with Gasteiger partial charge >= 0.3 is 6.03 Å². The summed E-state index contributed by atoms with van der Waals surface area (Å²) in [5.74, 6) is 0.502. The largest absolute Gasteiger partial charge is 0.396 e. The molecule has 0 spiro atoms. The third-order valence-corrected chi connectivity index (χ3v) is 3.39. The number of carbonyl (C=O) groups excluding carboxylic acids is 1. The first-order chi connectivity index (χ1) is 10.0. The first kappa shape index (κ1) is 17.5. The van der Waals surface area contributed by atoms with Gasteiger partial charge in [0.2, 0.25) is 0 Å². The summed E-state index contributed by atoms with van der Waals surface area (Å²) in [6.07, 6.45) is 2.39. The monoisotopic (exact) mass is 292 g/mol. The standard InChI is InChI=1S/C17H28N2O2/c1-13(2)12-16(15-9-5-4-6-10-15)19-17(21)18-14(3)8-7-11-20/h4-6,9-10,13-14,16,20H,7-8,11-12H2,1-3H3,(H2,18,19,21). The van der Waals surface area contributed by atoms with Crippen molar-refractivity contribution >= 4 is 6.03 Å². The summed E-state index contributed by atoms with van der Waals surface area (Å²) in [6.45, 7) is 6.42. The molecular weight excluding hydrogens is 264 g/mol. The number of aliphatic hydroxyl groups excluding tert-OH is 1. The Morgan fingerprint density at radius 2 is 1.81 bits per heavy atom. The fourth-order valence-corrected chi connectivity index (χ4v) is 2.33. The Hall–Kier alpha value is -1.55. The highest BCUT2D eigenvalue weighted by atomic mass is 16.3. The second kappa shape index (κ2) is 9.40. The number of carbonyl (C=O) groups is 1. The Kier molecular flexibility index (Phi) is 7.83. The molecule has 2 amide bonds. The van der Waals surface area contributed by atoms with Gasteiger partial charge in [-0.15, -0.1) is 0 Å². The molecular formula is C17H28N2O2. The van der Waals surface area contributed by atoms with Crippen LogP contribution in [0.25, 0.3) is 0 Å². The second-order valence-corrected chi connectivity index (χ2v) is 5.98. The minimum atomic E-state index is -0.144. The molecule has 2 atom stereocenters. The van der Waals surface area contributed by atoms with E-state index < -0.39 is 0 Å². The minimum absolute atomic E-state index is 0.0243. The van der Waals surface area contributed by atoms with Crippen molar-refractivity contribution in [3.8, 4) is 0 Å². The third-order valence-electron chi connectivity index (χ3n) is 3.39. The molecule has 0 saturated carbocycles. The van der Waals surface area contributed by atoms with E-state index in [4.69, 9.17) is 5.11 Å². The lowest BCUT2D eigenvalue weighted by atomic mass is 9.97. The SMILES string of the molecule is CC(C)CC(NC(=O)NC(C)CCCO)c1ccccc1. The molecule has 0 aliphatic rings. The van der Waals surface area contributed by atoms with Crippen LogP contribution in [0.1, 0.15) is 51.6 Å². The first-order valence-corrected chi connectivity index (χ1v) is 7.75. The van der Waals surface area contributed by atoms with E-state index in [9.17, 15) is 4.79 Å². The number of amides is 2. The van der Waals surface area contributed by atoms with Gasteiger partial charge in [0.1, 0.15) is 0 Å². The molecule has 0 radical (unpaired) electrons. The van der Waals surface area contributed by atoms with Gasteiger partial charge in [-0.05, 0) is 37.7 Å². The summed E-state index contributed by atoms with van der Waals surface area (Å²) >= 11 is 0. The van der Waals surface area contributed by atoms with Crippen molar-refractivity contribution < 1.29 is 9.90 Å². The Labute approximate surface area is 128 Å². The molecule has 0 heterocycles. The minimum Gasteiger partial charge on any atom is -0.396 e. The van der Waals surface area contributed by atoms with Gasteiger partial charge in [0.15, 0.2) is 0 Å². The zero-order valence-corrected chi connectivity index (χ0v) is 13.3. The lowest BCUT2D eigenvalue weighted by Crippen LogP contribution is -2.42. The highest BCUT2D eigenvalue weighted by molar-refractivity contribution is 5.74. The Balaban J connectivity index is 2.58. The van der Waals surface area contributed by atoms with Crippen LogP contribution in [-0.4, -0.2) is 23.8 Å². The smallest absolute Gasteiger partial charge is 0.315 e. The zero-order valence-electron chi connectivity index (χ0n) is 13.3. The van der Waals surface area contributed by atoms with Crippen molar-refractivity contribution in [2.45, 2.75) is 52.1 Å². The van der Waals surface area contributed by atoms with Crippen LogP contribution in [-0.2, 0) is 0 Å². The van der Waals surface area contributed by atoms with Gasteiger partial charge in [0.25, 0.3) is 0 Å². The molecule has 1 aromatic rings. The summed E-state index contributed by atoms with van der Waals surface area (Å²) in [5, 5.41) is 14.8. The van der Waals surface area contributed by atoms with Crippen LogP contribution in [0.4, 0.5) is 4.79 Å². The van der Waals surface area contributed by atoms with Crippen molar-refractivity contribution in [1.29, 1.82) is 0 Å². The van der Waals surface area contributed by atoms with Crippen molar-refractivity contribution in [1.82, 2.24) is 10.6 Å². The first-order valence-electron chi connectivity index (χ1n) is 7.75. The summed E-state index contributed by atoms with van der Waals surface area (Å²) in [5.41, 5.74) is 1.13. The molecule has 3 N–H and O–H groups in total. The van der Waals surface area contributed by atoms with Crippen LogP contribution in [0.2, 0.25) is 0 Å². The van der Waals surface area contributed by atoms with E-state index in [1.54, 1.807) is 0 Å². The normalized spacial score (nSPS) is 13.8. The maximum atomic E-state index is 12.1. The quantitative estimate of drug-likeness (QED) is 0.689. The molecule has 0 saturated heterocycles. The highest BCUT2D eigenvalue weighted by Gasteiger charge is 2.16. The number of hydrogen-bond donors (Lipinski definition) is 3. The van der Waals surface area contributed by atoms with Gasteiger partial charge in [-0.25, -0.2) is 4.79 Å². The molecule has 1 aromatic carbocycles. The van der Waals surface area contributed by atoms with Crippen molar-refractivity contribution in [2.75, 3.05) is 6.61 Å². The topological polar surface area (TPSA) is 61.4 Å². The van der Waals surface area contributed by atoms with Gasteiger partial charge in [-0.3, -0.25) is 0 Å². The molecule has 4 heteroatoms. The van der Waals surface area contributed by atoms with Crippen LogP contribution in [0, 0.1) is 5.92 Å². The molecule has 0 aliphatic heterocycles. The van der Waals surface area contributed by atoms with E-state index in [2.05, 4.69) is 24.5 Å². The molecule has 0 fully saturated rings. The Morgan fingerprint density at radius 3 is 2.38 bits per heavy atom. The number of hydrogen-bond acceptors (Lipinski definition) is 2. The molecule has 118 valence electrons. The highest BCUT2D eigenvalue weighted by Crippen LogP contribution is 2.20. The van der Waals surface area contributed by atoms with Crippen LogP contribution >= 0.6 is 0 Å². The molecule has 21 heavy (non-hydrogen) atoms. The van der Waals surface area contributed by atoms with Crippen molar-refractivity contribution in [3.63, 3.8) is 0 Å². The summed E-state index contributed by atoms with van der Waals surface area (Å²) in [7, 11) is 0. The number of aliphatic hydroxyl groups is 1. The van der Waals surface area contributed by atoms with Gasteiger partial charge < -0.3 is 15.7 Å². The Morgan fingerprint density at radius 1 is 1.14 bits per heavy atom. The van der Waals surface area contributed by atoms with Gasteiger partial charge in [0.05, 0.1) is 6.04 Å². The van der Waals surface area contributed by atoms with Crippen LogP contribution < -0.4 is 10.6 Å². The number of benzene rings is 1. The van der Waals surface area contributed by atoms with E-state index in [1.807, 2.05) is 37.3 Å². The Bertz CT molecular complexity index is 407. The lowest BCUT2D eigenvalue weighted by Gasteiger charge is -2.23. The van der Waals surface area contributed by atoms with Crippen LogP contribution in [0.15, 0.2) is 30.3 Å². The van der Waals surface area contributed by atoms with E-state index >= 15 is 0 Å². The van der Waals surface area contributed by atoms with E-state index in [1.165, 1.54) is 0 Å². The molecule has 1 rings (SSSR count). The van der Waals surface area contributed by atoms with Gasteiger partial charge in [-0.1, -0.05) is 44.2 Å². The predicted molar refractivity (Wildman–Crippen MR) is 86.1 cm³/mol. The van der Waals surface area contributed by atoms with Crippen molar-refractivity contribution in [2.24, 2.45) is 5.92 Å². The summed E-state index contributed by atoms with van der Waals surface area (Å²) in [4.78, 5) is 12.1. The van der Waals surface area contributed by atoms with E-state index in [-0.39, 0.29) is 24.7 Å². The maximum Gasteiger partial charge on any atom is 0.315 e. The van der Waals surface area contributed by atoms with Gasteiger partial charge in [-0.2, -0.15) is 0 Å². The summed E-state index contributed by atoms with van der Waals surface area (Å²) in [6, 6.07) is 10.00. The number of urea groups is 1. The van der Waals surface area contributed by atoms with E-state index in [0.717, 1.165) is 18.4 Å². The molecule has 0 aliphatic carbocycles. The van der Waals surface area contributed by atoms with E-state index in [0.29, 0.717) is 12.3 Å². The van der Waals surface area contributed by atoms with Crippen molar-refractivity contribution in [3.05, 3.63) is 35.9 Å². The van der Waals surface area contributed by atoms with Crippen LogP contribution in [0.5, 0.6) is 0 Å². The zero-order chi connectivity index (χ0) is 15.7. The summed E-state index contributed by atoms with van der Waals surface area (Å²) < 4.78 is 0. The fraction of sp³-hybridized carbons (Fsp3) is 0.588. The van der Waals surface area contributed by atoms with Crippen LogP contribution in [0.3, 0.4) is 0 Å². The van der Waals surface area contributed by atoms with Gasteiger partial charge in [0, 0.05) is 12.6 Å².